The first-order chi connectivity index (χ1) is 12.5. The zero-order valence-corrected chi connectivity index (χ0v) is 15.3. The summed E-state index contributed by atoms with van der Waals surface area (Å²) >= 11 is 5.85. The molecular formula is C20H19ClN4O. The van der Waals surface area contributed by atoms with Crippen LogP contribution in [0.5, 0.6) is 0 Å². The molecule has 0 fully saturated rings. The van der Waals surface area contributed by atoms with Gasteiger partial charge < -0.3 is 10.6 Å². The normalized spacial score (nSPS) is 10.6. The van der Waals surface area contributed by atoms with E-state index in [-0.39, 0.29) is 11.6 Å². The summed E-state index contributed by atoms with van der Waals surface area (Å²) in [6, 6.07) is 16.5. The van der Waals surface area contributed by atoms with Gasteiger partial charge in [0.2, 0.25) is 5.95 Å². The van der Waals surface area contributed by atoms with Gasteiger partial charge in [-0.2, -0.15) is 0 Å². The number of halogens is 1. The van der Waals surface area contributed by atoms with Crippen LogP contribution in [0.2, 0.25) is 5.02 Å². The summed E-state index contributed by atoms with van der Waals surface area (Å²) in [5.74, 6) is 0.527. The van der Waals surface area contributed by atoms with Crippen molar-refractivity contribution in [1.82, 2.24) is 9.97 Å². The van der Waals surface area contributed by atoms with Crippen LogP contribution in [-0.2, 0) is 0 Å². The fourth-order valence-electron chi connectivity index (χ4n) is 2.35. The van der Waals surface area contributed by atoms with Crippen LogP contribution in [0.1, 0.15) is 35.8 Å². The van der Waals surface area contributed by atoms with E-state index >= 15 is 0 Å². The van der Waals surface area contributed by atoms with Crippen molar-refractivity contribution >= 4 is 34.8 Å². The molecule has 0 spiro atoms. The third kappa shape index (κ3) is 4.58. The summed E-state index contributed by atoms with van der Waals surface area (Å²) in [4.78, 5) is 20.8. The number of hydrogen-bond acceptors (Lipinski definition) is 4. The van der Waals surface area contributed by atoms with Gasteiger partial charge in [0.05, 0.1) is 0 Å². The first kappa shape index (κ1) is 17.9. The molecule has 2 aromatic carbocycles. The third-order valence-corrected chi connectivity index (χ3v) is 4.08. The molecule has 0 unspecified atom stereocenters. The Labute approximate surface area is 157 Å². The van der Waals surface area contributed by atoms with Gasteiger partial charge in [-0.15, -0.1) is 0 Å². The molecule has 5 nitrogen and oxygen atoms in total. The maximum absolute atomic E-state index is 12.4. The quantitative estimate of drug-likeness (QED) is 0.647. The van der Waals surface area contributed by atoms with Crippen molar-refractivity contribution in [3.05, 3.63) is 77.1 Å². The predicted molar refractivity (Wildman–Crippen MR) is 105 cm³/mol. The number of aromatic nitrogens is 2. The van der Waals surface area contributed by atoms with Crippen molar-refractivity contribution in [2.75, 3.05) is 10.6 Å². The molecule has 0 radical (unpaired) electrons. The highest BCUT2D eigenvalue weighted by Crippen LogP contribution is 2.19. The SMILES string of the molecule is CC(C)c1ccc(Nc2nccc(C(=O)Nc3ccc(Cl)cc3)n2)cc1. The molecule has 0 aliphatic heterocycles. The van der Waals surface area contributed by atoms with Crippen molar-refractivity contribution < 1.29 is 4.79 Å². The van der Waals surface area contributed by atoms with Crippen molar-refractivity contribution in [1.29, 1.82) is 0 Å². The maximum atomic E-state index is 12.4. The van der Waals surface area contributed by atoms with E-state index in [0.29, 0.717) is 22.6 Å². The standard InChI is InChI=1S/C20H19ClN4O/c1-13(2)14-3-7-17(8-4-14)24-20-22-12-11-18(25-20)19(26)23-16-9-5-15(21)6-10-16/h3-13H,1-2H3,(H,23,26)(H,22,24,25). The fraction of sp³-hybridized carbons (Fsp3) is 0.150. The number of rotatable bonds is 5. The first-order valence-corrected chi connectivity index (χ1v) is 8.66. The highest BCUT2D eigenvalue weighted by molar-refractivity contribution is 6.30. The first-order valence-electron chi connectivity index (χ1n) is 8.28. The number of benzene rings is 2. The Morgan fingerprint density at radius 2 is 1.62 bits per heavy atom. The van der Waals surface area contributed by atoms with E-state index in [0.717, 1.165) is 5.69 Å². The molecule has 132 valence electrons. The molecule has 0 aliphatic rings. The number of amides is 1. The molecule has 1 aromatic heterocycles. The summed E-state index contributed by atoms with van der Waals surface area (Å²) in [6.45, 7) is 4.29. The Morgan fingerprint density at radius 1 is 0.962 bits per heavy atom. The molecule has 1 heterocycles. The lowest BCUT2D eigenvalue weighted by Gasteiger charge is -2.09. The Hall–Kier alpha value is -2.92. The minimum atomic E-state index is -0.312. The molecule has 26 heavy (non-hydrogen) atoms. The van der Waals surface area contributed by atoms with Gasteiger partial charge in [0.1, 0.15) is 5.69 Å². The van der Waals surface area contributed by atoms with Crippen molar-refractivity contribution in [3.63, 3.8) is 0 Å². The summed E-state index contributed by atoms with van der Waals surface area (Å²) in [5, 5.41) is 6.51. The van der Waals surface area contributed by atoms with E-state index in [1.165, 1.54) is 5.56 Å². The number of nitrogens with zero attached hydrogens (tertiary/aromatic N) is 2. The van der Waals surface area contributed by atoms with Crippen LogP contribution in [0, 0.1) is 0 Å². The second-order valence-electron chi connectivity index (χ2n) is 6.13. The molecule has 3 aromatic rings. The number of nitrogens with one attached hydrogen (secondary N) is 2. The lowest BCUT2D eigenvalue weighted by Crippen LogP contribution is -2.14. The van der Waals surface area contributed by atoms with Gasteiger partial charge in [0.25, 0.3) is 5.91 Å². The summed E-state index contributed by atoms with van der Waals surface area (Å²) in [6.07, 6.45) is 1.55. The van der Waals surface area contributed by atoms with Crippen LogP contribution < -0.4 is 10.6 Å². The van der Waals surface area contributed by atoms with Crippen molar-refractivity contribution in [3.8, 4) is 0 Å². The molecule has 6 heteroatoms. The molecule has 2 N–H and O–H groups in total. The van der Waals surface area contributed by atoms with Gasteiger partial charge in [-0.1, -0.05) is 37.6 Å². The number of carbonyl (C=O) groups excluding carboxylic acids is 1. The average Bonchev–Trinajstić information content (AvgIpc) is 2.64. The van der Waals surface area contributed by atoms with Gasteiger partial charge in [-0.3, -0.25) is 4.79 Å². The fourth-order valence-corrected chi connectivity index (χ4v) is 2.48. The van der Waals surface area contributed by atoms with Crippen molar-refractivity contribution in [2.24, 2.45) is 0 Å². The minimum absolute atomic E-state index is 0.274. The smallest absolute Gasteiger partial charge is 0.274 e. The van der Waals surface area contributed by atoms with Gasteiger partial charge in [-0.05, 0) is 53.9 Å². The molecule has 0 bridgehead atoms. The second-order valence-corrected chi connectivity index (χ2v) is 6.56. The van der Waals surface area contributed by atoms with E-state index in [1.54, 1.807) is 36.5 Å². The molecule has 3 rings (SSSR count). The summed E-state index contributed by atoms with van der Waals surface area (Å²) in [7, 11) is 0. The van der Waals surface area contributed by atoms with Crippen LogP contribution in [-0.4, -0.2) is 15.9 Å². The summed E-state index contributed by atoms with van der Waals surface area (Å²) < 4.78 is 0. The van der Waals surface area contributed by atoms with E-state index in [9.17, 15) is 4.79 Å². The monoisotopic (exact) mass is 366 g/mol. The van der Waals surface area contributed by atoms with Gasteiger partial charge in [0, 0.05) is 22.6 Å². The molecule has 0 aliphatic carbocycles. The highest BCUT2D eigenvalue weighted by Gasteiger charge is 2.10. The van der Waals surface area contributed by atoms with Crippen LogP contribution in [0.3, 0.4) is 0 Å². The van der Waals surface area contributed by atoms with Crippen LogP contribution in [0.15, 0.2) is 60.8 Å². The van der Waals surface area contributed by atoms with E-state index in [1.807, 2.05) is 12.1 Å². The average molecular weight is 367 g/mol. The Bertz CT molecular complexity index is 892. The lowest BCUT2D eigenvalue weighted by atomic mass is 10.0. The highest BCUT2D eigenvalue weighted by atomic mass is 35.5. The van der Waals surface area contributed by atoms with E-state index in [4.69, 9.17) is 11.6 Å². The maximum Gasteiger partial charge on any atom is 0.274 e. The molecule has 0 saturated heterocycles. The van der Waals surface area contributed by atoms with E-state index in [2.05, 4.69) is 46.6 Å². The second kappa shape index (κ2) is 7.97. The number of carbonyl (C=O) groups is 1. The van der Waals surface area contributed by atoms with Gasteiger partial charge in [-0.25, -0.2) is 9.97 Å². The van der Waals surface area contributed by atoms with Gasteiger partial charge >= 0.3 is 0 Å². The zero-order chi connectivity index (χ0) is 18.5. The predicted octanol–water partition coefficient (Wildman–Crippen LogP) is 5.25. The summed E-state index contributed by atoms with van der Waals surface area (Å²) in [5.41, 5.74) is 3.05. The largest absolute Gasteiger partial charge is 0.324 e. The molecular weight excluding hydrogens is 348 g/mol. The molecule has 1 amide bonds. The topological polar surface area (TPSA) is 66.9 Å². The lowest BCUT2D eigenvalue weighted by molar-refractivity contribution is 0.102. The zero-order valence-electron chi connectivity index (χ0n) is 14.5. The molecule has 0 saturated carbocycles. The van der Waals surface area contributed by atoms with Gasteiger partial charge in [0.15, 0.2) is 0 Å². The number of hydrogen-bond donors (Lipinski definition) is 2. The Kier molecular flexibility index (Phi) is 5.49. The van der Waals surface area contributed by atoms with Crippen LogP contribution >= 0.6 is 11.6 Å². The van der Waals surface area contributed by atoms with Crippen LogP contribution in [0.25, 0.3) is 0 Å². The third-order valence-electron chi connectivity index (χ3n) is 3.82. The Morgan fingerprint density at radius 3 is 2.27 bits per heavy atom. The Balaban J connectivity index is 1.71. The number of anilines is 3. The van der Waals surface area contributed by atoms with Crippen molar-refractivity contribution in [2.45, 2.75) is 19.8 Å². The van der Waals surface area contributed by atoms with E-state index < -0.39 is 0 Å². The minimum Gasteiger partial charge on any atom is -0.324 e. The van der Waals surface area contributed by atoms with Crippen LogP contribution in [0.4, 0.5) is 17.3 Å². The molecule has 0 atom stereocenters.